The first-order chi connectivity index (χ1) is 8.42. The van der Waals surface area contributed by atoms with Crippen LogP contribution >= 0.6 is 0 Å². The van der Waals surface area contributed by atoms with Gasteiger partial charge in [0.1, 0.15) is 0 Å². The van der Waals surface area contributed by atoms with Gasteiger partial charge in [-0.25, -0.2) is 0 Å². The molecule has 102 valence electrons. The first-order valence-corrected chi connectivity index (χ1v) is 5.26. The molecule has 0 aromatic heterocycles. The number of amides is 4. The van der Waals surface area contributed by atoms with E-state index in [1.54, 1.807) is 14.2 Å². The molecule has 0 atom stereocenters. The van der Waals surface area contributed by atoms with Gasteiger partial charge in [-0.2, -0.15) is 5.01 Å². The fraction of sp³-hybridized carbons (Fsp3) is 0.600. The number of carbonyl (C=O) groups excluding carboxylic acids is 4. The number of nitrogens with zero attached hydrogens (tertiary/aromatic N) is 1. The van der Waals surface area contributed by atoms with Crippen molar-refractivity contribution in [2.24, 2.45) is 5.73 Å². The van der Waals surface area contributed by atoms with Crippen molar-refractivity contribution in [3.63, 3.8) is 0 Å². The van der Waals surface area contributed by atoms with Crippen molar-refractivity contribution < 1.29 is 23.9 Å². The van der Waals surface area contributed by atoms with Crippen LogP contribution in [0.2, 0.25) is 0 Å². The number of hydrazine groups is 1. The predicted octanol–water partition coefficient (Wildman–Crippen LogP) is -1.31. The molecule has 0 bridgehead atoms. The number of carbonyl (C=O) groups is 4. The Morgan fingerprint density at radius 3 is 2.06 bits per heavy atom. The Labute approximate surface area is 104 Å². The van der Waals surface area contributed by atoms with Gasteiger partial charge in [-0.1, -0.05) is 0 Å². The van der Waals surface area contributed by atoms with Gasteiger partial charge in [-0.3, -0.25) is 24.6 Å². The van der Waals surface area contributed by atoms with Crippen LogP contribution in [0.1, 0.15) is 25.7 Å². The molecule has 1 rings (SSSR count). The van der Waals surface area contributed by atoms with Crippen LogP contribution in [-0.2, 0) is 23.9 Å². The number of imide groups is 1. The highest BCUT2D eigenvalue weighted by molar-refractivity contribution is 6.03. The van der Waals surface area contributed by atoms with E-state index >= 15 is 0 Å². The number of ether oxygens (including phenoxy) is 1. The molecule has 3 N–H and O–H groups in total. The number of nitrogens with one attached hydrogen (secondary N) is 1. The minimum absolute atomic E-state index is 0.106. The summed E-state index contributed by atoms with van der Waals surface area (Å²) >= 11 is 0. The van der Waals surface area contributed by atoms with Crippen molar-refractivity contribution in [3.8, 4) is 0 Å². The zero-order chi connectivity index (χ0) is 14.1. The quantitative estimate of drug-likeness (QED) is 0.608. The highest BCUT2D eigenvalue weighted by Gasteiger charge is 2.30. The van der Waals surface area contributed by atoms with Gasteiger partial charge in [-0.05, 0) is 0 Å². The maximum absolute atomic E-state index is 11.1. The lowest BCUT2D eigenvalue weighted by Crippen LogP contribution is -2.45. The Hall–Kier alpha value is -1.96. The lowest BCUT2D eigenvalue weighted by Gasteiger charge is -2.14. The third-order valence-electron chi connectivity index (χ3n) is 1.89. The summed E-state index contributed by atoms with van der Waals surface area (Å²) in [6, 6.07) is 0. The molecule has 18 heavy (non-hydrogen) atoms. The standard InChI is InChI=1S/C8H11N3O4.C2H6O/c9-5(12)1-2-6(13)10-11-7(14)3-4-8(11)15;1-3-2/h1-4H2,(H2,9,12)(H,10,13);1-2H3. The smallest absolute Gasteiger partial charge is 0.248 e. The Bertz CT molecular complexity index is 326. The van der Waals surface area contributed by atoms with E-state index in [0.29, 0.717) is 5.01 Å². The van der Waals surface area contributed by atoms with E-state index in [4.69, 9.17) is 5.73 Å². The second-order valence-electron chi connectivity index (χ2n) is 3.53. The van der Waals surface area contributed by atoms with Crippen molar-refractivity contribution in [1.29, 1.82) is 0 Å². The second kappa shape index (κ2) is 8.18. The molecule has 0 saturated carbocycles. The van der Waals surface area contributed by atoms with E-state index in [1.807, 2.05) is 0 Å². The molecule has 1 fully saturated rings. The van der Waals surface area contributed by atoms with Crippen LogP contribution < -0.4 is 11.2 Å². The molecule has 0 unspecified atom stereocenters. The van der Waals surface area contributed by atoms with Gasteiger partial charge >= 0.3 is 0 Å². The topological polar surface area (TPSA) is 119 Å². The number of rotatable bonds is 4. The first-order valence-electron chi connectivity index (χ1n) is 5.26. The van der Waals surface area contributed by atoms with Crippen molar-refractivity contribution in [2.75, 3.05) is 14.2 Å². The maximum atomic E-state index is 11.1. The van der Waals surface area contributed by atoms with Crippen molar-refractivity contribution in [1.82, 2.24) is 10.4 Å². The van der Waals surface area contributed by atoms with Crippen LogP contribution in [0.15, 0.2) is 0 Å². The molecular weight excluding hydrogens is 242 g/mol. The van der Waals surface area contributed by atoms with E-state index in [9.17, 15) is 19.2 Å². The van der Waals surface area contributed by atoms with Gasteiger partial charge in [0.2, 0.25) is 23.6 Å². The molecule has 8 heteroatoms. The van der Waals surface area contributed by atoms with Crippen LogP contribution in [0.3, 0.4) is 0 Å². The SMILES string of the molecule is COC.NC(=O)CCC(=O)NN1C(=O)CCC1=O. The highest BCUT2D eigenvalue weighted by Crippen LogP contribution is 2.08. The fourth-order valence-corrected chi connectivity index (χ4v) is 1.12. The molecule has 0 aliphatic carbocycles. The normalized spacial score (nSPS) is 14.0. The molecule has 1 saturated heterocycles. The summed E-state index contributed by atoms with van der Waals surface area (Å²) in [5.74, 6) is -2.05. The molecular formula is C10H17N3O5. The van der Waals surface area contributed by atoms with Gasteiger partial charge in [0, 0.05) is 39.9 Å². The zero-order valence-electron chi connectivity index (χ0n) is 10.4. The maximum Gasteiger partial charge on any atom is 0.248 e. The summed E-state index contributed by atoms with van der Waals surface area (Å²) in [6.07, 6.45) is -0.0295. The van der Waals surface area contributed by atoms with E-state index in [-0.39, 0.29) is 25.7 Å². The monoisotopic (exact) mass is 259 g/mol. The van der Waals surface area contributed by atoms with Gasteiger partial charge < -0.3 is 10.5 Å². The minimum Gasteiger partial charge on any atom is -0.388 e. The molecule has 0 spiro atoms. The number of primary amides is 1. The lowest BCUT2D eigenvalue weighted by atomic mass is 10.3. The summed E-state index contributed by atoms with van der Waals surface area (Å²) in [4.78, 5) is 43.6. The van der Waals surface area contributed by atoms with E-state index in [2.05, 4.69) is 10.2 Å². The second-order valence-corrected chi connectivity index (χ2v) is 3.53. The van der Waals surface area contributed by atoms with Crippen LogP contribution in [-0.4, -0.2) is 42.9 Å². The Morgan fingerprint density at radius 1 is 1.22 bits per heavy atom. The molecule has 1 heterocycles. The average Bonchev–Trinajstić information content (AvgIpc) is 2.59. The Kier molecular flexibility index (Phi) is 7.29. The van der Waals surface area contributed by atoms with Gasteiger partial charge in [-0.15, -0.1) is 0 Å². The number of hydrogen-bond acceptors (Lipinski definition) is 5. The van der Waals surface area contributed by atoms with Gasteiger partial charge in [0.15, 0.2) is 0 Å². The summed E-state index contributed by atoms with van der Waals surface area (Å²) in [6.45, 7) is 0. The van der Waals surface area contributed by atoms with Crippen molar-refractivity contribution in [2.45, 2.75) is 25.7 Å². The number of methoxy groups -OCH3 is 1. The lowest BCUT2D eigenvalue weighted by molar-refractivity contribution is -0.147. The third-order valence-corrected chi connectivity index (χ3v) is 1.89. The summed E-state index contributed by atoms with van der Waals surface area (Å²) < 4.78 is 4.25. The molecule has 0 aromatic rings. The van der Waals surface area contributed by atoms with Crippen LogP contribution in [0.4, 0.5) is 0 Å². The number of nitrogens with two attached hydrogens (primary N) is 1. The van der Waals surface area contributed by atoms with E-state index in [1.165, 1.54) is 0 Å². The van der Waals surface area contributed by atoms with Gasteiger partial charge in [0.25, 0.3) is 0 Å². The summed E-state index contributed by atoms with van der Waals surface area (Å²) in [5, 5.41) is 0.684. The first kappa shape index (κ1) is 16.0. The van der Waals surface area contributed by atoms with Crippen LogP contribution in [0, 0.1) is 0 Å². The number of hydrogen-bond donors (Lipinski definition) is 2. The Morgan fingerprint density at radius 2 is 1.67 bits per heavy atom. The zero-order valence-corrected chi connectivity index (χ0v) is 10.4. The molecule has 0 aromatic carbocycles. The highest BCUT2D eigenvalue weighted by atomic mass is 16.4. The van der Waals surface area contributed by atoms with Crippen molar-refractivity contribution >= 4 is 23.6 Å². The molecule has 1 aliphatic heterocycles. The molecule has 8 nitrogen and oxygen atoms in total. The Balaban J connectivity index is 0.000000873. The van der Waals surface area contributed by atoms with E-state index < -0.39 is 23.6 Å². The molecule has 4 amide bonds. The predicted molar refractivity (Wildman–Crippen MR) is 60.6 cm³/mol. The minimum atomic E-state index is -0.607. The van der Waals surface area contributed by atoms with Crippen LogP contribution in [0.25, 0.3) is 0 Å². The molecule has 0 radical (unpaired) electrons. The summed E-state index contributed by atoms with van der Waals surface area (Å²) in [5.41, 5.74) is 6.96. The van der Waals surface area contributed by atoms with Crippen LogP contribution in [0.5, 0.6) is 0 Å². The van der Waals surface area contributed by atoms with E-state index in [0.717, 1.165) is 0 Å². The molecule has 1 aliphatic rings. The van der Waals surface area contributed by atoms with Gasteiger partial charge in [0.05, 0.1) is 0 Å². The fourth-order valence-electron chi connectivity index (χ4n) is 1.12. The third kappa shape index (κ3) is 5.94. The summed E-state index contributed by atoms with van der Waals surface area (Å²) in [7, 11) is 3.25. The average molecular weight is 259 g/mol. The van der Waals surface area contributed by atoms with Crippen molar-refractivity contribution in [3.05, 3.63) is 0 Å². The largest absolute Gasteiger partial charge is 0.388 e.